The van der Waals surface area contributed by atoms with Gasteiger partial charge in [-0.2, -0.15) is 0 Å². The fraction of sp³-hybridized carbons (Fsp3) is 0.100. The zero-order valence-electron chi connectivity index (χ0n) is 13.1. The molecule has 4 aromatic rings. The molecule has 1 amide bonds. The SMILES string of the molecule is O=C(Cc1cccc2ccccc12)NCc1cn2ccccc2n1. The predicted molar refractivity (Wildman–Crippen MR) is 94.7 cm³/mol. The van der Waals surface area contributed by atoms with Crippen molar-refractivity contribution in [2.45, 2.75) is 13.0 Å². The first-order valence-electron chi connectivity index (χ1n) is 7.95. The van der Waals surface area contributed by atoms with Gasteiger partial charge in [-0.15, -0.1) is 0 Å². The second-order valence-corrected chi connectivity index (χ2v) is 5.79. The number of carbonyl (C=O) groups is 1. The maximum Gasteiger partial charge on any atom is 0.224 e. The maximum absolute atomic E-state index is 12.3. The highest BCUT2D eigenvalue weighted by Gasteiger charge is 2.08. The van der Waals surface area contributed by atoms with Crippen LogP contribution < -0.4 is 5.32 Å². The van der Waals surface area contributed by atoms with Gasteiger partial charge < -0.3 is 9.72 Å². The summed E-state index contributed by atoms with van der Waals surface area (Å²) < 4.78 is 1.95. The summed E-state index contributed by atoms with van der Waals surface area (Å²) in [5.74, 6) is 0.00316. The van der Waals surface area contributed by atoms with Crippen molar-refractivity contribution in [1.82, 2.24) is 14.7 Å². The van der Waals surface area contributed by atoms with Crippen molar-refractivity contribution in [3.63, 3.8) is 0 Å². The standard InChI is InChI=1S/C20H17N3O/c24-20(12-16-8-5-7-15-6-1-2-9-18(15)16)21-13-17-14-23-11-4-3-10-19(23)22-17/h1-11,14H,12-13H2,(H,21,24). The van der Waals surface area contributed by atoms with E-state index < -0.39 is 0 Å². The first kappa shape index (κ1) is 14.5. The summed E-state index contributed by atoms with van der Waals surface area (Å²) in [6, 6.07) is 20.0. The molecule has 0 radical (unpaired) electrons. The van der Waals surface area contributed by atoms with E-state index in [9.17, 15) is 4.79 Å². The van der Waals surface area contributed by atoms with E-state index in [4.69, 9.17) is 0 Å². The average Bonchev–Trinajstić information content (AvgIpc) is 3.03. The lowest BCUT2D eigenvalue weighted by molar-refractivity contribution is -0.120. The third-order valence-corrected chi connectivity index (χ3v) is 4.11. The van der Waals surface area contributed by atoms with Gasteiger partial charge in [0, 0.05) is 12.4 Å². The van der Waals surface area contributed by atoms with Crippen molar-refractivity contribution in [2.24, 2.45) is 0 Å². The molecule has 24 heavy (non-hydrogen) atoms. The van der Waals surface area contributed by atoms with E-state index in [1.54, 1.807) is 0 Å². The van der Waals surface area contributed by atoms with Crippen LogP contribution >= 0.6 is 0 Å². The summed E-state index contributed by atoms with van der Waals surface area (Å²) >= 11 is 0. The number of pyridine rings is 1. The van der Waals surface area contributed by atoms with E-state index in [1.807, 2.05) is 59.3 Å². The molecule has 2 aromatic heterocycles. The van der Waals surface area contributed by atoms with E-state index >= 15 is 0 Å². The van der Waals surface area contributed by atoms with Crippen LogP contribution in [0.2, 0.25) is 0 Å². The van der Waals surface area contributed by atoms with Gasteiger partial charge in [0.2, 0.25) is 5.91 Å². The molecule has 2 heterocycles. The number of nitrogens with zero attached hydrogens (tertiary/aromatic N) is 2. The lowest BCUT2D eigenvalue weighted by atomic mass is 10.0. The van der Waals surface area contributed by atoms with Crippen molar-refractivity contribution in [3.05, 3.63) is 84.3 Å². The largest absolute Gasteiger partial charge is 0.350 e. The fourth-order valence-electron chi connectivity index (χ4n) is 2.94. The van der Waals surface area contributed by atoms with Crippen LogP contribution in [0.5, 0.6) is 0 Å². The molecular formula is C20H17N3O. The van der Waals surface area contributed by atoms with Gasteiger partial charge >= 0.3 is 0 Å². The number of nitrogens with one attached hydrogen (secondary N) is 1. The summed E-state index contributed by atoms with van der Waals surface area (Å²) in [6.07, 6.45) is 4.26. The molecule has 4 rings (SSSR count). The Bertz CT molecular complexity index is 981. The Balaban J connectivity index is 1.46. The number of imidazole rings is 1. The third kappa shape index (κ3) is 2.86. The minimum Gasteiger partial charge on any atom is -0.350 e. The van der Waals surface area contributed by atoms with Gasteiger partial charge in [0.25, 0.3) is 0 Å². The number of hydrogen-bond acceptors (Lipinski definition) is 2. The molecule has 0 saturated heterocycles. The minimum atomic E-state index is 0.00316. The molecule has 0 fully saturated rings. The molecule has 118 valence electrons. The molecular weight excluding hydrogens is 298 g/mol. The summed E-state index contributed by atoms with van der Waals surface area (Å²) in [5.41, 5.74) is 2.78. The van der Waals surface area contributed by atoms with Gasteiger partial charge in [0.15, 0.2) is 0 Å². The smallest absolute Gasteiger partial charge is 0.224 e. The molecule has 0 bridgehead atoms. The zero-order chi connectivity index (χ0) is 16.4. The summed E-state index contributed by atoms with van der Waals surface area (Å²) in [5, 5.41) is 5.24. The van der Waals surface area contributed by atoms with Gasteiger partial charge in [-0.3, -0.25) is 4.79 Å². The molecule has 1 N–H and O–H groups in total. The Kier molecular flexibility index (Phi) is 3.71. The highest BCUT2D eigenvalue weighted by molar-refractivity contribution is 5.90. The number of fused-ring (bicyclic) bond motifs is 2. The second-order valence-electron chi connectivity index (χ2n) is 5.79. The van der Waals surface area contributed by atoms with E-state index in [0.717, 1.165) is 27.7 Å². The molecule has 0 aliphatic carbocycles. The minimum absolute atomic E-state index is 0.00316. The van der Waals surface area contributed by atoms with Crippen LogP contribution in [0.4, 0.5) is 0 Å². The van der Waals surface area contributed by atoms with Crippen LogP contribution in [0.25, 0.3) is 16.4 Å². The normalized spacial score (nSPS) is 11.0. The number of carbonyl (C=O) groups excluding carboxylic acids is 1. The number of aromatic nitrogens is 2. The second kappa shape index (κ2) is 6.16. The fourth-order valence-corrected chi connectivity index (χ4v) is 2.94. The van der Waals surface area contributed by atoms with E-state index in [-0.39, 0.29) is 5.91 Å². The first-order chi connectivity index (χ1) is 11.8. The van der Waals surface area contributed by atoms with Gasteiger partial charge in [-0.1, -0.05) is 48.5 Å². The number of benzene rings is 2. The third-order valence-electron chi connectivity index (χ3n) is 4.11. The van der Waals surface area contributed by atoms with Crippen LogP contribution in [0, 0.1) is 0 Å². The van der Waals surface area contributed by atoms with Crippen molar-refractivity contribution in [2.75, 3.05) is 0 Å². The maximum atomic E-state index is 12.3. The van der Waals surface area contributed by atoms with Gasteiger partial charge in [-0.25, -0.2) is 4.98 Å². The number of hydrogen-bond donors (Lipinski definition) is 1. The van der Waals surface area contributed by atoms with Crippen molar-refractivity contribution >= 4 is 22.3 Å². The average molecular weight is 315 g/mol. The molecule has 0 atom stereocenters. The van der Waals surface area contributed by atoms with E-state index in [0.29, 0.717) is 13.0 Å². The topological polar surface area (TPSA) is 46.4 Å². The van der Waals surface area contributed by atoms with Crippen LogP contribution in [0.15, 0.2) is 73.1 Å². The summed E-state index contributed by atoms with van der Waals surface area (Å²) in [7, 11) is 0. The van der Waals surface area contributed by atoms with Crippen LogP contribution in [0.3, 0.4) is 0 Å². The molecule has 4 nitrogen and oxygen atoms in total. The molecule has 2 aromatic carbocycles. The first-order valence-corrected chi connectivity index (χ1v) is 7.95. The van der Waals surface area contributed by atoms with Gasteiger partial charge in [0.05, 0.1) is 18.7 Å². The Morgan fingerprint density at radius 1 is 1.00 bits per heavy atom. The van der Waals surface area contributed by atoms with E-state index in [2.05, 4.69) is 28.5 Å². The molecule has 0 aliphatic heterocycles. The van der Waals surface area contributed by atoms with Crippen molar-refractivity contribution in [1.29, 1.82) is 0 Å². The van der Waals surface area contributed by atoms with Crippen LogP contribution in [0.1, 0.15) is 11.3 Å². The number of amides is 1. The van der Waals surface area contributed by atoms with Crippen LogP contribution in [-0.2, 0) is 17.8 Å². The van der Waals surface area contributed by atoms with E-state index in [1.165, 1.54) is 0 Å². The molecule has 0 unspecified atom stereocenters. The Morgan fingerprint density at radius 2 is 1.83 bits per heavy atom. The number of rotatable bonds is 4. The summed E-state index contributed by atoms with van der Waals surface area (Å²) in [6.45, 7) is 0.436. The Morgan fingerprint density at radius 3 is 2.75 bits per heavy atom. The molecule has 4 heteroatoms. The molecule has 0 saturated carbocycles. The lowest BCUT2D eigenvalue weighted by Crippen LogP contribution is -2.24. The van der Waals surface area contributed by atoms with Crippen molar-refractivity contribution < 1.29 is 4.79 Å². The Labute approximate surface area is 139 Å². The summed E-state index contributed by atoms with van der Waals surface area (Å²) in [4.78, 5) is 16.8. The van der Waals surface area contributed by atoms with Gasteiger partial charge in [0.1, 0.15) is 5.65 Å². The quantitative estimate of drug-likeness (QED) is 0.628. The monoisotopic (exact) mass is 315 g/mol. The van der Waals surface area contributed by atoms with Crippen molar-refractivity contribution in [3.8, 4) is 0 Å². The lowest BCUT2D eigenvalue weighted by Gasteiger charge is -2.07. The predicted octanol–water partition coefficient (Wildman–Crippen LogP) is 3.35. The molecule has 0 spiro atoms. The molecule has 0 aliphatic rings. The Hall–Kier alpha value is -3.14. The highest BCUT2D eigenvalue weighted by Crippen LogP contribution is 2.18. The zero-order valence-corrected chi connectivity index (χ0v) is 13.1. The van der Waals surface area contributed by atoms with Crippen LogP contribution in [-0.4, -0.2) is 15.3 Å². The highest BCUT2D eigenvalue weighted by atomic mass is 16.1. The van der Waals surface area contributed by atoms with Gasteiger partial charge in [-0.05, 0) is 28.5 Å².